The molecule has 0 amide bonds. The fourth-order valence-electron chi connectivity index (χ4n) is 6.60. The molecule has 0 saturated carbocycles. The summed E-state index contributed by atoms with van der Waals surface area (Å²) in [6.45, 7) is 14.1. The summed E-state index contributed by atoms with van der Waals surface area (Å²) in [4.78, 5) is 15.8. The van der Waals surface area contributed by atoms with Gasteiger partial charge in [-0.15, -0.1) is 0 Å². The number of carbonyl (C=O) groups is 1. The van der Waals surface area contributed by atoms with Gasteiger partial charge in [0.1, 0.15) is 11.9 Å². The van der Waals surface area contributed by atoms with Gasteiger partial charge in [-0.2, -0.15) is 4.58 Å². The molecule has 2 aliphatic rings. The fourth-order valence-corrected chi connectivity index (χ4v) is 6.60. The summed E-state index contributed by atoms with van der Waals surface area (Å²) < 4.78 is 13.8. The average molecular weight is 646 g/mol. The summed E-state index contributed by atoms with van der Waals surface area (Å²) in [5.41, 5.74) is 11.1. The van der Waals surface area contributed by atoms with Crippen LogP contribution in [-0.4, -0.2) is 60.7 Å². The van der Waals surface area contributed by atoms with Crippen molar-refractivity contribution in [1.82, 2.24) is 0 Å². The Morgan fingerprint density at radius 3 is 1.90 bits per heavy atom. The van der Waals surface area contributed by atoms with Crippen molar-refractivity contribution in [3.63, 3.8) is 0 Å². The van der Waals surface area contributed by atoms with E-state index in [-0.39, 0.29) is 23.8 Å². The lowest BCUT2D eigenvalue weighted by atomic mass is 9.80. The van der Waals surface area contributed by atoms with Gasteiger partial charge in [0.25, 0.3) is 0 Å². The average Bonchev–Trinajstić information content (AvgIpc) is 3.08. The minimum Gasteiger partial charge on any atom is -0.506 e. The molecule has 1 N–H and O–H groups in total. The van der Waals surface area contributed by atoms with Crippen molar-refractivity contribution in [2.75, 3.05) is 32.2 Å². The Balaban J connectivity index is 1.45. The van der Waals surface area contributed by atoms with Crippen LogP contribution in [0.5, 0.6) is 0 Å². The van der Waals surface area contributed by atoms with Crippen LogP contribution in [0.2, 0.25) is 0 Å². The Kier molecular flexibility index (Phi) is 11.0. The van der Waals surface area contributed by atoms with Crippen molar-refractivity contribution in [3.05, 3.63) is 130 Å². The van der Waals surface area contributed by atoms with E-state index in [1.165, 1.54) is 22.3 Å². The van der Waals surface area contributed by atoms with Crippen molar-refractivity contribution in [3.8, 4) is 0 Å². The number of carbonyl (C=O) groups excluding carboxylic acids is 1. The number of aryl methyl sites for hydroxylation is 4. The molecule has 6 heteroatoms. The first kappa shape index (κ1) is 34.8. The highest BCUT2D eigenvalue weighted by Crippen LogP contribution is 2.40. The van der Waals surface area contributed by atoms with Gasteiger partial charge in [0.05, 0.1) is 17.3 Å². The quantitative estimate of drug-likeness (QED) is 0.157. The molecule has 0 spiro atoms. The van der Waals surface area contributed by atoms with Crippen LogP contribution >= 0.6 is 0 Å². The molecule has 6 nitrogen and oxygen atoms in total. The SMILES string of the molecule is CCC(CN(c1ccc(C2=C(O)C(=C3C=CC(=[N+](CC(CC)OC)c4ccc(C)cc4C)C=C3)C2=O)cc1)c1ccc(C)cc1C)OC. The van der Waals surface area contributed by atoms with Gasteiger partial charge in [-0.25, -0.2) is 0 Å². The first-order valence-electron chi connectivity index (χ1n) is 16.9. The molecule has 3 aromatic carbocycles. The van der Waals surface area contributed by atoms with E-state index in [1.54, 1.807) is 14.2 Å². The third kappa shape index (κ3) is 7.15. The molecular weight excluding hydrogens is 596 g/mol. The smallest absolute Gasteiger partial charge is 0.208 e. The maximum atomic E-state index is 13.5. The summed E-state index contributed by atoms with van der Waals surface area (Å²) in [6, 6.07) is 20.8. The predicted octanol–water partition coefficient (Wildman–Crippen LogP) is 8.97. The van der Waals surface area contributed by atoms with E-state index in [9.17, 15) is 9.90 Å². The van der Waals surface area contributed by atoms with Crippen LogP contribution in [0, 0.1) is 27.7 Å². The van der Waals surface area contributed by atoms with E-state index < -0.39 is 0 Å². The fraction of sp³-hybridized carbons (Fsp3) is 0.333. The predicted molar refractivity (Wildman–Crippen MR) is 197 cm³/mol. The number of ketones is 1. The minimum atomic E-state index is -0.152. The Labute approximate surface area is 286 Å². The van der Waals surface area contributed by atoms with E-state index >= 15 is 0 Å². The number of hydrogen-bond acceptors (Lipinski definition) is 5. The molecule has 0 bridgehead atoms. The van der Waals surface area contributed by atoms with Gasteiger partial charge in [-0.05, 0) is 93.7 Å². The van der Waals surface area contributed by atoms with Crippen LogP contribution in [0.3, 0.4) is 0 Å². The van der Waals surface area contributed by atoms with E-state index in [4.69, 9.17) is 9.47 Å². The number of aliphatic hydroxyl groups is 1. The topological polar surface area (TPSA) is 62.0 Å². The highest BCUT2D eigenvalue weighted by Gasteiger charge is 2.37. The van der Waals surface area contributed by atoms with Gasteiger partial charge in [-0.3, -0.25) is 4.79 Å². The van der Waals surface area contributed by atoms with Gasteiger partial charge in [0.15, 0.2) is 6.54 Å². The summed E-state index contributed by atoms with van der Waals surface area (Å²) >= 11 is 0. The third-order valence-corrected chi connectivity index (χ3v) is 9.50. The highest BCUT2D eigenvalue weighted by molar-refractivity contribution is 6.39. The maximum absolute atomic E-state index is 13.5. The standard InChI is InChI=1S/C42H48N2O4/c1-9-35(47-7)25-43(37-21-11-27(3)23-29(37)5)33-17-13-31(14-18-33)39-41(45)40(42(39)46)32-15-19-34(20-16-32)44(26-36(10-2)48-8)38-22-12-28(4)24-30(38)6/h11-24,35-36H,9-10,25-26H2,1-8H3/p+1. The molecule has 0 aliphatic heterocycles. The molecule has 0 saturated heterocycles. The van der Waals surface area contributed by atoms with Crippen LogP contribution in [0.25, 0.3) is 5.57 Å². The summed E-state index contributed by atoms with van der Waals surface area (Å²) in [6.07, 6.45) is 9.78. The normalized spacial score (nSPS) is 15.6. The number of aliphatic hydroxyl groups excluding tert-OH is 1. The molecule has 5 rings (SSSR count). The summed E-state index contributed by atoms with van der Waals surface area (Å²) in [5, 5.41) is 11.2. The van der Waals surface area contributed by atoms with E-state index in [0.717, 1.165) is 35.6 Å². The van der Waals surface area contributed by atoms with Crippen molar-refractivity contribution in [2.24, 2.45) is 0 Å². The van der Waals surface area contributed by atoms with Crippen LogP contribution in [-0.2, 0) is 14.3 Å². The molecule has 250 valence electrons. The van der Waals surface area contributed by atoms with Gasteiger partial charge < -0.3 is 19.5 Å². The molecule has 0 radical (unpaired) electrons. The number of anilines is 2. The maximum Gasteiger partial charge on any atom is 0.208 e. The number of nitrogens with zero attached hydrogens (tertiary/aromatic N) is 2. The van der Waals surface area contributed by atoms with Gasteiger partial charge in [0.2, 0.25) is 17.2 Å². The lowest BCUT2D eigenvalue weighted by molar-refractivity contribution is -0.452. The second-order valence-electron chi connectivity index (χ2n) is 12.9. The van der Waals surface area contributed by atoms with Crippen molar-refractivity contribution in [1.29, 1.82) is 0 Å². The third-order valence-electron chi connectivity index (χ3n) is 9.50. The van der Waals surface area contributed by atoms with E-state index in [2.05, 4.69) is 87.4 Å². The van der Waals surface area contributed by atoms with Crippen LogP contribution in [0.1, 0.15) is 54.5 Å². The number of ether oxygens (including phenoxy) is 2. The zero-order valence-corrected chi connectivity index (χ0v) is 29.6. The molecule has 2 atom stereocenters. The number of methoxy groups -OCH3 is 2. The molecule has 48 heavy (non-hydrogen) atoms. The Hall–Kier alpha value is -4.52. The number of allylic oxidation sites excluding steroid dienone is 7. The highest BCUT2D eigenvalue weighted by atomic mass is 16.5. The summed E-state index contributed by atoms with van der Waals surface area (Å²) in [5.74, 6) is -0.116. The largest absolute Gasteiger partial charge is 0.506 e. The number of hydrogen-bond donors (Lipinski definition) is 1. The van der Waals surface area contributed by atoms with Gasteiger partial charge in [0, 0.05) is 55.9 Å². The lowest BCUT2D eigenvalue weighted by Gasteiger charge is -2.30. The number of benzene rings is 3. The van der Waals surface area contributed by atoms with Gasteiger partial charge >= 0.3 is 0 Å². The molecule has 0 fully saturated rings. The Morgan fingerprint density at radius 1 is 0.750 bits per heavy atom. The van der Waals surface area contributed by atoms with Crippen molar-refractivity contribution in [2.45, 2.75) is 66.6 Å². The second-order valence-corrected chi connectivity index (χ2v) is 12.9. The zero-order chi connectivity index (χ0) is 34.5. The molecular formula is C42H49N2O4+. The number of Topliss-reactive ketones (excluding diaryl/α,β-unsaturated/α-hetero) is 1. The van der Waals surface area contributed by atoms with Crippen LogP contribution < -0.4 is 4.90 Å². The first-order valence-corrected chi connectivity index (χ1v) is 16.9. The lowest BCUT2D eigenvalue weighted by Crippen LogP contribution is -2.30. The van der Waals surface area contributed by atoms with Crippen molar-refractivity contribution < 1.29 is 24.0 Å². The monoisotopic (exact) mass is 645 g/mol. The van der Waals surface area contributed by atoms with Crippen LogP contribution in [0.15, 0.2) is 102 Å². The zero-order valence-electron chi connectivity index (χ0n) is 29.6. The molecule has 3 aromatic rings. The van der Waals surface area contributed by atoms with Crippen molar-refractivity contribution >= 4 is 34.1 Å². The Morgan fingerprint density at radius 2 is 1.35 bits per heavy atom. The van der Waals surface area contributed by atoms with E-state index in [1.807, 2.05) is 48.6 Å². The van der Waals surface area contributed by atoms with Gasteiger partial charge in [-0.1, -0.05) is 55.3 Å². The van der Waals surface area contributed by atoms with E-state index in [0.29, 0.717) is 35.4 Å². The second kappa shape index (κ2) is 15.1. The molecule has 0 aromatic heterocycles. The Bertz CT molecular complexity index is 1820. The minimum absolute atomic E-state index is 0.0360. The molecule has 2 unspecified atom stereocenters. The number of rotatable bonds is 12. The first-order chi connectivity index (χ1) is 23.1. The molecule has 0 heterocycles. The summed E-state index contributed by atoms with van der Waals surface area (Å²) in [7, 11) is 3.50. The molecule has 2 aliphatic carbocycles. The van der Waals surface area contributed by atoms with Crippen LogP contribution in [0.4, 0.5) is 17.1 Å².